The number of ether oxygens (including phenoxy) is 1. The summed E-state index contributed by atoms with van der Waals surface area (Å²) in [6.07, 6.45) is 5.86. The van der Waals surface area contributed by atoms with Crippen molar-refractivity contribution < 1.29 is 14.4 Å². The van der Waals surface area contributed by atoms with Crippen molar-refractivity contribution in [3.63, 3.8) is 0 Å². The van der Waals surface area contributed by atoms with Crippen molar-refractivity contribution in [2.24, 2.45) is 5.16 Å². The highest BCUT2D eigenvalue weighted by Crippen LogP contribution is 2.27. The summed E-state index contributed by atoms with van der Waals surface area (Å²) in [5.74, 6) is 0.786. The van der Waals surface area contributed by atoms with E-state index in [-0.39, 0.29) is 5.91 Å². The predicted octanol–water partition coefficient (Wildman–Crippen LogP) is 2.98. The van der Waals surface area contributed by atoms with Crippen LogP contribution in [0.4, 0.5) is 0 Å². The lowest BCUT2D eigenvalue weighted by atomic mass is 9.94. The molecule has 2 aliphatic rings. The summed E-state index contributed by atoms with van der Waals surface area (Å²) in [4.78, 5) is 20.0. The molecule has 5 nitrogen and oxygen atoms in total. The van der Waals surface area contributed by atoms with Gasteiger partial charge in [0.1, 0.15) is 5.75 Å². The maximum Gasteiger partial charge on any atom is 0.266 e. The minimum Gasteiger partial charge on any atom is -0.496 e. The van der Waals surface area contributed by atoms with Gasteiger partial charge in [-0.3, -0.25) is 4.79 Å². The van der Waals surface area contributed by atoms with Gasteiger partial charge < -0.3 is 14.5 Å². The van der Waals surface area contributed by atoms with E-state index in [0.29, 0.717) is 12.5 Å². The first kappa shape index (κ1) is 15.8. The first-order valence-corrected chi connectivity index (χ1v) is 8.33. The summed E-state index contributed by atoms with van der Waals surface area (Å²) in [6.45, 7) is 0. The summed E-state index contributed by atoms with van der Waals surface area (Å²) >= 11 is 0. The van der Waals surface area contributed by atoms with Gasteiger partial charge in [0.25, 0.3) is 5.91 Å². The van der Waals surface area contributed by atoms with Crippen molar-refractivity contribution in [3.8, 4) is 5.75 Å². The molecule has 1 aromatic carbocycles. The van der Waals surface area contributed by atoms with Gasteiger partial charge in [-0.15, -0.1) is 0 Å². The summed E-state index contributed by atoms with van der Waals surface area (Å²) in [7, 11) is 3.53. The van der Waals surface area contributed by atoms with Gasteiger partial charge in [-0.1, -0.05) is 36.6 Å². The number of rotatable bonds is 4. The maximum absolute atomic E-state index is 12.7. The van der Waals surface area contributed by atoms with Crippen LogP contribution in [0.5, 0.6) is 5.75 Å². The minimum atomic E-state index is -0.512. The molecule has 1 amide bonds. The number of methoxy groups -OCH3 is 1. The van der Waals surface area contributed by atoms with E-state index in [9.17, 15) is 4.79 Å². The molecule has 1 atom stereocenters. The molecule has 3 rings (SSSR count). The Morgan fingerprint density at radius 2 is 2.00 bits per heavy atom. The summed E-state index contributed by atoms with van der Waals surface area (Å²) in [6, 6.07) is 8.03. The molecule has 1 aromatic rings. The van der Waals surface area contributed by atoms with Crippen molar-refractivity contribution in [1.82, 2.24) is 4.90 Å². The van der Waals surface area contributed by atoms with Crippen molar-refractivity contribution in [2.45, 2.75) is 50.7 Å². The number of oxime groups is 1. The Labute approximate surface area is 137 Å². The molecule has 0 spiro atoms. The van der Waals surface area contributed by atoms with Gasteiger partial charge in [0, 0.05) is 25.1 Å². The number of carbonyl (C=O) groups is 1. The third-order valence-corrected chi connectivity index (χ3v) is 4.83. The van der Waals surface area contributed by atoms with E-state index in [1.54, 1.807) is 7.11 Å². The summed E-state index contributed by atoms with van der Waals surface area (Å²) in [5, 5.41) is 4.13. The van der Waals surface area contributed by atoms with Crippen LogP contribution in [-0.2, 0) is 9.63 Å². The van der Waals surface area contributed by atoms with E-state index < -0.39 is 6.10 Å². The van der Waals surface area contributed by atoms with Crippen LogP contribution in [0.2, 0.25) is 0 Å². The molecule has 1 heterocycles. The topological polar surface area (TPSA) is 51.1 Å². The second-order valence-electron chi connectivity index (χ2n) is 6.28. The van der Waals surface area contributed by atoms with Crippen molar-refractivity contribution in [1.29, 1.82) is 0 Å². The highest BCUT2D eigenvalue weighted by molar-refractivity contribution is 6.05. The molecule has 23 heavy (non-hydrogen) atoms. The lowest BCUT2D eigenvalue weighted by molar-refractivity contribution is -0.143. The second kappa shape index (κ2) is 7.02. The third kappa shape index (κ3) is 3.33. The van der Waals surface area contributed by atoms with Crippen LogP contribution in [0.15, 0.2) is 29.4 Å². The predicted molar refractivity (Wildman–Crippen MR) is 88.7 cm³/mol. The number of nitrogens with zero attached hydrogens (tertiary/aromatic N) is 2. The van der Waals surface area contributed by atoms with Crippen LogP contribution in [0.25, 0.3) is 0 Å². The number of likely N-dealkylation sites (N-methyl/N-ethyl adjacent to an activating group) is 1. The quantitative estimate of drug-likeness (QED) is 0.858. The molecular weight excluding hydrogens is 292 g/mol. The van der Waals surface area contributed by atoms with E-state index >= 15 is 0 Å². The van der Waals surface area contributed by atoms with Gasteiger partial charge in [-0.25, -0.2) is 0 Å². The monoisotopic (exact) mass is 316 g/mol. The zero-order valence-electron chi connectivity index (χ0n) is 13.8. The van der Waals surface area contributed by atoms with Crippen LogP contribution < -0.4 is 4.74 Å². The van der Waals surface area contributed by atoms with Crippen LogP contribution >= 0.6 is 0 Å². The molecule has 0 bridgehead atoms. The average molecular weight is 316 g/mol. The van der Waals surface area contributed by atoms with Crippen molar-refractivity contribution >= 4 is 11.6 Å². The molecule has 0 saturated heterocycles. The van der Waals surface area contributed by atoms with Crippen LogP contribution in [0.3, 0.4) is 0 Å². The Kier molecular flexibility index (Phi) is 4.84. The maximum atomic E-state index is 12.7. The molecular formula is C18H24N2O3. The molecule has 1 saturated carbocycles. The number of benzene rings is 1. The fraction of sp³-hybridized carbons (Fsp3) is 0.556. The number of hydrogen-bond donors (Lipinski definition) is 0. The highest BCUT2D eigenvalue weighted by atomic mass is 16.6. The van der Waals surface area contributed by atoms with Gasteiger partial charge in [-0.05, 0) is 25.0 Å². The fourth-order valence-corrected chi connectivity index (χ4v) is 3.43. The minimum absolute atomic E-state index is 0.0329. The number of para-hydroxylation sites is 1. The molecule has 1 aliphatic heterocycles. The van der Waals surface area contributed by atoms with Gasteiger partial charge >= 0.3 is 0 Å². The van der Waals surface area contributed by atoms with E-state index in [4.69, 9.17) is 9.57 Å². The third-order valence-electron chi connectivity index (χ3n) is 4.83. The molecule has 5 heteroatoms. The largest absolute Gasteiger partial charge is 0.496 e. The Hall–Kier alpha value is -2.04. The Balaban J connectivity index is 1.65. The summed E-state index contributed by atoms with van der Waals surface area (Å²) in [5.41, 5.74) is 1.67. The van der Waals surface area contributed by atoms with E-state index in [0.717, 1.165) is 29.9 Å². The fourth-order valence-electron chi connectivity index (χ4n) is 3.43. The SMILES string of the molecule is COc1ccccc1C1=NO[C@H](C(=O)N(C)C2CCCCC2)C1. The molecule has 0 unspecified atom stereocenters. The summed E-state index contributed by atoms with van der Waals surface area (Å²) < 4.78 is 5.36. The van der Waals surface area contributed by atoms with Crippen molar-refractivity contribution in [2.75, 3.05) is 14.2 Å². The number of hydrogen-bond acceptors (Lipinski definition) is 4. The van der Waals surface area contributed by atoms with Crippen LogP contribution in [0.1, 0.15) is 44.1 Å². The molecule has 1 aliphatic carbocycles. The molecule has 124 valence electrons. The first-order chi connectivity index (χ1) is 11.2. The van der Waals surface area contributed by atoms with Crippen LogP contribution in [-0.4, -0.2) is 42.8 Å². The van der Waals surface area contributed by atoms with E-state index in [2.05, 4.69) is 5.16 Å². The molecule has 0 radical (unpaired) electrons. The number of carbonyl (C=O) groups excluding carboxylic acids is 1. The normalized spacial score (nSPS) is 21.5. The van der Waals surface area contributed by atoms with Crippen LogP contribution in [0, 0.1) is 0 Å². The smallest absolute Gasteiger partial charge is 0.266 e. The van der Waals surface area contributed by atoms with Gasteiger partial charge in [0.15, 0.2) is 0 Å². The highest BCUT2D eigenvalue weighted by Gasteiger charge is 2.34. The van der Waals surface area contributed by atoms with Gasteiger partial charge in [0.2, 0.25) is 6.10 Å². The second-order valence-corrected chi connectivity index (χ2v) is 6.28. The molecule has 1 fully saturated rings. The van der Waals surface area contributed by atoms with Gasteiger partial charge in [-0.2, -0.15) is 0 Å². The van der Waals surface area contributed by atoms with E-state index in [1.165, 1.54) is 19.3 Å². The first-order valence-electron chi connectivity index (χ1n) is 8.33. The average Bonchev–Trinajstić information content (AvgIpc) is 3.11. The lowest BCUT2D eigenvalue weighted by Crippen LogP contribution is -2.43. The zero-order chi connectivity index (χ0) is 16.2. The van der Waals surface area contributed by atoms with E-state index in [1.807, 2.05) is 36.2 Å². The van der Waals surface area contributed by atoms with Crippen molar-refractivity contribution in [3.05, 3.63) is 29.8 Å². The zero-order valence-corrected chi connectivity index (χ0v) is 13.8. The lowest BCUT2D eigenvalue weighted by Gasteiger charge is -2.32. The molecule has 0 aromatic heterocycles. The Morgan fingerprint density at radius 3 is 2.74 bits per heavy atom. The standard InChI is InChI=1S/C18H24N2O3/c1-20(13-8-4-3-5-9-13)18(21)17-12-15(19-23-17)14-10-6-7-11-16(14)22-2/h6-7,10-11,13,17H,3-5,8-9,12H2,1-2H3/t17-/m0/s1. The van der Waals surface area contributed by atoms with Gasteiger partial charge in [0.05, 0.1) is 12.8 Å². The number of amides is 1. The Morgan fingerprint density at radius 1 is 1.26 bits per heavy atom. The molecule has 0 N–H and O–H groups in total. The Bertz CT molecular complexity index is 594.